The summed E-state index contributed by atoms with van der Waals surface area (Å²) in [6, 6.07) is 12.0. The van der Waals surface area contributed by atoms with Crippen LogP contribution in [0, 0.1) is 31.0 Å². The normalized spacial score (nSPS) is 18.0. The molecule has 0 saturated carbocycles. The van der Waals surface area contributed by atoms with E-state index >= 15 is 0 Å². The van der Waals surface area contributed by atoms with E-state index in [9.17, 15) is 18.8 Å². The number of hydrogen-bond acceptors (Lipinski definition) is 4. The van der Waals surface area contributed by atoms with Crippen molar-refractivity contribution in [2.75, 3.05) is 18.0 Å². The van der Waals surface area contributed by atoms with Crippen molar-refractivity contribution in [1.82, 2.24) is 10.2 Å². The number of rotatable bonds is 6. The second kappa shape index (κ2) is 8.56. The van der Waals surface area contributed by atoms with Crippen molar-refractivity contribution in [3.63, 3.8) is 0 Å². The van der Waals surface area contributed by atoms with E-state index in [0.29, 0.717) is 11.3 Å². The van der Waals surface area contributed by atoms with Crippen molar-refractivity contribution in [3.8, 4) is 6.07 Å². The molecule has 0 spiro atoms. The highest BCUT2D eigenvalue weighted by Crippen LogP contribution is 2.29. The highest BCUT2D eigenvalue weighted by atomic mass is 19.1. The fraction of sp³-hybridized carbons (Fsp3) is 0.304. The molecule has 160 valence electrons. The van der Waals surface area contributed by atoms with Gasteiger partial charge in [-0.2, -0.15) is 5.26 Å². The number of amides is 4. The van der Waals surface area contributed by atoms with Crippen LogP contribution in [0.1, 0.15) is 30.0 Å². The lowest BCUT2D eigenvalue weighted by molar-refractivity contribution is -0.134. The summed E-state index contributed by atoms with van der Waals surface area (Å²) >= 11 is 0. The number of halogens is 1. The minimum atomic E-state index is -1.40. The lowest BCUT2D eigenvalue weighted by atomic mass is 9.92. The zero-order valence-electron chi connectivity index (χ0n) is 17.6. The fourth-order valence-electron chi connectivity index (χ4n) is 3.49. The van der Waals surface area contributed by atoms with Crippen LogP contribution in [-0.2, 0) is 15.1 Å². The van der Waals surface area contributed by atoms with Crippen molar-refractivity contribution in [2.24, 2.45) is 0 Å². The van der Waals surface area contributed by atoms with Crippen molar-refractivity contribution >= 4 is 23.5 Å². The third-order valence-corrected chi connectivity index (χ3v) is 5.54. The number of hydrogen-bond donors (Lipinski definition) is 1. The van der Waals surface area contributed by atoms with Crippen molar-refractivity contribution in [3.05, 3.63) is 65.0 Å². The molecule has 8 heteroatoms. The summed E-state index contributed by atoms with van der Waals surface area (Å²) in [7, 11) is 0. The molecule has 2 aromatic rings. The Kier molecular flexibility index (Phi) is 6.07. The minimum Gasteiger partial charge on any atom is -0.319 e. The Morgan fingerprint density at radius 3 is 2.45 bits per heavy atom. The summed E-state index contributed by atoms with van der Waals surface area (Å²) in [5.74, 6) is -1.54. The number of urea groups is 1. The van der Waals surface area contributed by atoms with Crippen LogP contribution in [0.25, 0.3) is 0 Å². The van der Waals surface area contributed by atoms with E-state index in [1.807, 2.05) is 32.0 Å². The molecule has 1 fully saturated rings. The molecule has 1 N–H and O–H groups in total. The summed E-state index contributed by atoms with van der Waals surface area (Å²) < 4.78 is 13.3. The van der Waals surface area contributed by atoms with Gasteiger partial charge in [0.15, 0.2) is 0 Å². The number of nitrogens with one attached hydrogen (secondary N) is 1. The molecule has 3 rings (SSSR count). The summed E-state index contributed by atoms with van der Waals surface area (Å²) in [5.41, 5.74) is 1.64. The Morgan fingerprint density at radius 1 is 1.16 bits per heavy atom. The van der Waals surface area contributed by atoms with E-state index in [1.165, 1.54) is 36.1 Å². The molecular formula is C23H23FN4O3. The summed E-state index contributed by atoms with van der Waals surface area (Å²) in [4.78, 5) is 40.9. The first-order chi connectivity index (χ1) is 14.7. The Bertz CT molecular complexity index is 1080. The molecule has 1 saturated heterocycles. The molecule has 0 aliphatic carbocycles. The third kappa shape index (κ3) is 4.26. The maximum atomic E-state index is 13.3. The van der Waals surface area contributed by atoms with Crippen LogP contribution in [0.4, 0.5) is 14.9 Å². The maximum Gasteiger partial charge on any atom is 0.325 e. The molecule has 1 aliphatic heterocycles. The average Bonchev–Trinajstić information content (AvgIpc) is 2.95. The highest BCUT2D eigenvalue weighted by molar-refractivity contribution is 6.10. The van der Waals surface area contributed by atoms with E-state index in [-0.39, 0.29) is 13.0 Å². The maximum absolute atomic E-state index is 13.3. The quantitative estimate of drug-likeness (QED) is 0.724. The van der Waals surface area contributed by atoms with E-state index in [2.05, 4.69) is 5.32 Å². The standard InChI is InChI=1S/C23H23FN4O3/c1-15-5-10-19(13-16(15)2)27(12-4-11-25)20(29)14-28-21(30)23(3,26-22(28)31)17-6-8-18(24)9-7-17/h5-10,13H,4,12,14H2,1-3H3,(H,26,31)/t23-/m0/s1. The molecule has 2 aromatic carbocycles. The Balaban J connectivity index is 1.85. The van der Waals surface area contributed by atoms with Gasteiger partial charge in [-0.15, -0.1) is 0 Å². The van der Waals surface area contributed by atoms with Crippen LogP contribution in [-0.4, -0.2) is 35.8 Å². The molecule has 0 bridgehead atoms. The van der Waals surface area contributed by atoms with Crippen LogP contribution in [0.2, 0.25) is 0 Å². The number of benzene rings is 2. The number of carbonyl (C=O) groups is 3. The smallest absolute Gasteiger partial charge is 0.319 e. The average molecular weight is 422 g/mol. The van der Waals surface area contributed by atoms with Gasteiger partial charge >= 0.3 is 6.03 Å². The zero-order valence-corrected chi connectivity index (χ0v) is 17.6. The van der Waals surface area contributed by atoms with E-state index in [4.69, 9.17) is 5.26 Å². The predicted octanol–water partition coefficient (Wildman–Crippen LogP) is 3.16. The molecule has 0 unspecified atom stereocenters. The number of carbonyl (C=O) groups excluding carboxylic acids is 3. The Hall–Kier alpha value is -3.73. The van der Waals surface area contributed by atoms with E-state index < -0.39 is 35.7 Å². The topological polar surface area (TPSA) is 93.5 Å². The zero-order chi connectivity index (χ0) is 22.8. The monoisotopic (exact) mass is 422 g/mol. The van der Waals surface area contributed by atoms with Gasteiger partial charge < -0.3 is 10.2 Å². The van der Waals surface area contributed by atoms with Crippen LogP contribution in [0.15, 0.2) is 42.5 Å². The second-order valence-corrected chi connectivity index (χ2v) is 7.68. The lowest BCUT2D eigenvalue weighted by Gasteiger charge is -2.25. The number of nitrogens with zero attached hydrogens (tertiary/aromatic N) is 3. The van der Waals surface area contributed by atoms with Crippen molar-refractivity contribution < 1.29 is 18.8 Å². The van der Waals surface area contributed by atoms with E-state index in [0.717, 1.165) is 16.0 Å². The molecular weight excluding hydrogens is 399 g/mol. The molecule has 1 atom stereocenters. The Labute approximate surface area is 180 Å². The second-order valence-electron chi connectivity index (χ2n) is 7.68. The molecule has 1 heterocycles. The summed E-state index contributed by atoms with van der Waals surface area (Å²) in [6.45, 7) is 5.04. The first-order valence-electron chi connectivity index (χ1n) is 9.82. The van der Waals surface area contributed by atoms with Crippen LogP contribution in [0.5, 0.6) is 0 Å². The van der Waals surface area contributed by atoms with Gasteiger partial charge in [-0.1, -0.05) is 18.2 Å². The number of nitriles is 1. The van der Waals surface area contributed by atoms with E-state index in [1.54, 1.807) is 6.07 Å². The Morgan fingerprint density at radius 2 is 1.84 bits per heavy atom. The summed E-state index contributed by atoms with van der Waals surface area (Å²) in [6.07, 6.45) is 0.103. The minimum absolute atomic E-state index is 0.103. The first kappa shape index (κ1) is 22.0. The van der Waals surface area contributed by atoms with Gasteiger partial charge in [0.2, 0.25) is 5.91 Å². The van der Waals surface area contributed by atoms with Crippen LogP contribution >= 0.6 is 0 Å². The largest absolute Gasteiger partial charge is 0.325 e. The van der Waals surface area contributed by atoms with Gasteiger partial charge in [0.25, 0.3) is 5.91 Å². The molecule has 7 nitrogen and oxygen atoms in total. The van der Waals surface area contributed by atoms with Crippen molar-refractivity contribution in [2.45, 2.75) is 32.7 Å². The predicted molar refractivity (Wildman–Crippen MR) is 112 cm³/mol. The molecule has 1 aliphatic rings. The SMILES string of the molecule is Cc1ccc(N(CCC#N)C(=O)CN2C(=O)N[C@@](C)(c3ccc(F)cc3)C2=O)cc1C. The van der Waals surface area contributed by atoms with Crippen LogP contribution < -0.4 is 10.2 Å². The molecule has 0 radical (unpaired) electrons. The van der Waals surface area contributed by atoms with Gasteiger partial charge in [-0.25, -0.2) is 9.18 Å². The molecule has 31 heavy (non-hydrogen) atoms. The number of anilines is 1. The third-order valence-electron chi connectivity index (χ3n) is 5.54. The highest BCUT2D eigenvalue weighted by Gasteiger charge is 2.49. The molecule has 0 aromatic heterocycles. The first-order valence-corrected chi connectivity index (χ1v) is 9.82. The van der Waals surface area contributed by atoms with Crippen molar-refractivity contribution in [1.29, 1.82) is 5.26 Å². The van der Waals surface area contributed by atoms with Gasteiger partial charge in [0, 0.05) is 12.2 Å². The number of aryl methyl sites for hydroxylation is 2. The fourth-order valence-corrected chi connectivity index (χ4v) is 3.49. The molecule has 4 amide bonds. The van der Waals surface area contributed by atoms with Gasteiger partial charge in [-0.3, -0.25) is 14.5 Å². The summed E-state index contributed by atoms with van der Waals surface area (Å²) in [5, 5.41) is 11.6. The van der Waals surface area contributed by atoms with Gasteiger partial charge in [-0.05, 0) is 61.7 Å². The van der Waals surface area contributed by atoms with Gasteiger partial charge in [0.1, 0.15) is 17.9 Å². The van der Waals surface area contributed by atoms with Crippen LogP contribution in [0.3, 0.4) is 0 Å². The van der Waals surface area contributed by atoms with Gasteiger partial charge in [0.05, 0.1) is 12.5 Å². The number of imide groups is 1. The lowest BCUT2D eigenvalue weighted by Crippen LogP contribution is -2.45.